The first-order valence-electron chi connectivity index (χ1n) is 9.10. The first-order chi connectivity index (χ1) is 14.0. The molecular weight excluding hydrogens is 390 g/mol. The summed E-state index contributed by atoms with van der Waals surface area (Å²) in [6.07, 6.45) is 5.78. The molecule has 6 heteroatoms. The lowest BCUT2D eigenvalue weighted by Gasteiger charge is -2.05. The molecule has 148 valence electrons. The van der Waals surface area contributed by atoms with Crippen LogP contribution in [-0.4, -0.2) is 28.0 Å². The van der Waals surface area contributed by atoms with Gasteiger partial charge in [-0.25, -0.2) is 4.79 Å². The monoisotopic (exact) mass is 409 g/mol. The Hall–Kier alpha value is -3.31. The first kappa shape index (κ1) is 20.4. The number of rotatable bonds is 7. The van der Waals surface area contributed by atoms with Crippen molar-refractivity contribution in [3.05, 3.63) is 88.8 Å². The van der Waals surface area contributed by atoms with Gasteiger partial charge in [-0.2, -0.15) is 0 Å². The minimum atomic E-state index is -0.922. The molecule has 0 saturated heterocycles. The normalized spacial score (nSPS) is 11.9. The average molecular weight is 410 g/mol. The Bertz CT molecular complexity index is 1090. The molecule has 3 rings (SSSR count). The lowest BCUT2D eigenvalue weighted by atomic mass is 10.1. The summed E-state index contributed by atoms with van der Waals surface area (Å²) in [6, 6.07) is 15.5. The average Bonchev–Trinajstić information content (AvgIpc) is 3.06. The third kappa shape index (κ3) is 5.15. The number of carbonyl (C=O) groups is 2. The second-order valence-electron chi connectivity index (χ2n) is 6.34. The maximum Gasteiger partial charge on any atom is 0.373 e. The van der Waals surface area contributed by atoms with E-state index < -0.39 is 17.5 Å². The topological polar surface area (TPSA) is 68.5 Å². The number of fused-ring (bicyclic) bond motifs is 1. The van der Waals surface area contributed by atoms with E-state index >= 15 is 0 Å². The Balaban J connectivity index is 1.85. The summed E-state index contributed by atoms with van der Waals surface area (Å²) in [7, 11) is 0. The molecule has 0 unspecified atom stereocenters. The highest BCUT2D eigenvalue weighted by Crippen LogP contribution is 2.24. The van der Waals surface area contributed by atoms with Crippen LogP contribution < -0.4 is 0 Å². The van der Waals surface area contributed by atoms with Gasteiger partial charge in [0.15, 0.2) is 5.78 Å². The largest absolute Gasteiger partial charge is 0.502 e. The molecule has 0 amide bonds. The van der Waals surface area contributed by atoms with Gasteiger partial charge in [0, 0.05) is 40.3 Å². The van der Waals surface area contributed by atoms with Crippen molar-refractivity contribution in [1.29, 1.82) is 0 Å². The van der Waals surface area contributed by atoms with Crippen LogP contribution in [0.5, 0.6) is 0 Å². The van der Waals surface area contributed by atoms with Gasteiger partial charge in [-0.3, -0.25) is 4.79 Å². The van der Waals surface area contributed by atoms with Gasteiger partial charge < -0.3 is 14.4 Å². The number of hydrogen-bond acceptors (Lipinski definition) is 4. The maximum atomic E-state index is 12.1. The number of nitrogens with zero attached hydrogens (tertiary/aromatic N) is 1. The number of carbonyl (C=O) groups excluding carboxylic acids is 2. The number of aromatic nitrogens is 1. The maximum absolute atomic E-state index is 12.1. The van der Waals surface area contributed by atoms with Crippen molar-refractivity contribution in [2.75, 3.05) is 6.61 Å². The van der Waals surface area contributed by atoms with E-state index in [1.807, 2.05) is 54.7 Å². The molecule has 1 N–H and O–H groups in total. The van der Waals surface area contributed by atoms with Crippen LogP contribution in [0.4, 0.5) is 0 Å². The molecule has 0 aliphatic heterocycles. The van der Waals surface area contributed by atoms with Crippen molar-refractivity contribution in [1.82, 2.24) is 4.57 Å². The minimum Gasteiger partial charge on any atom is -0.502 e. The molecule has 2 aromatic carbocycles. The van der Waals surface area contributed by atoms with Gasteiger partial charge in [0.2, 0.25) is 5.76 Å². The molecule has 1 heterocycles. The molecule has 0 fully saturated rings. The van der Waals surface area contributed by atoms with Crippen LogP contribution in [0.3, 0.4) is 0 Å². The number of para-hydroxylation sites is 1. The second-order valence-corrected chi connectivity index (χ2v) is 6.78. The third-order valence-electron chi connectivity index (χ3n) is 4.28. The van der Waals surface area contributed by atoms with E-state index in [9.17, 15) is 14.7 Å². The van der Waals surface area contributed by atoms with Crippen molar-refractivity contribution in [2.45, 2.75) is 13.5 Å². The van der Waals surface area contributed by atoms with E-state index in [0.29, 0.717) is 11.6 Å². The number of benzene rings is 2. The van der Waals surface area contributed by atoms with Crippen LogP contribution in [0.1, 0.15) is 18.1 Å². The smallest absolute Gasteiger partial charge is 0.373 e. The van der Waals surface area contributed by atoms with Crippen LogP contribution in [0.25, 0.3) is 17.0 Å². The molecule has 0 radical (unpaired) electrons. The zero-order valence-electron chi connectivity index (χ0n) is 15.8. The summed E-state index contributed by atoms with van der Waals surface area (Å²) < 4.78 is 6.74. The number of ether oxygens (including phenoxy) is 1. The van der Waals surface area contributed by atoms with Gasteiger partial charge in [-0.1, -0.05) is 41.9 Å². The van der Waals surface area contributed by atoms with Crippen molar-refractivity contribution >= 4 is 40.3 Å². The fourth-order valence-corrected chi connectivity index (χ4v) is 3.07. The Kier molecular flexibility index (Phi) is 6.52. The number of esters is 1. The van der Waals surface area contributed by atoms with Gasteiger partial charge in [0.05, 0.1) is 6.61 Å². The summed E-state index contributed by atoms with van der Waals surface area (Å²) in [5, 5.41) is 11.3. The van der Waals surface area contributed by atoms with E-state index in [-0.39, 0.29) is 6.61 Å². The Morgan fingerprint density at radius 1 is 1.14 bits per heavy atom. The molecule has 0 saturated carbocycles. The molecule has 0 aliphatic carbocycles. The van der Waals surface area contributed by atoms with Crippen LogP contribution >= 0.6 is 11.6 Å². The van der Waals surface area contributed by atoms with Crippen LogP contribution in [-0.2, 0) is 20.9 Å². The molecule has 0 aliphatic rings. The molecule has 1 aromatic heterocycles. The summed E-state index contributed by atoms with van der Waals surface area (Å²) in [4.78, 5) is 23.4. The van der Waals surface area contributed by atoms with Gasteiger partial charge in [-0.05, 0) is 42.8 Å². The highest BCUT2D eigenvalue weighted by Gasteiger charge is 2.10. The summed E-state index contributed by atoms with van der Waals surface area (Å²) >= 11 is 5.96. The summed E-state index contributed by atoms with van der Waals surface area (Å²) in [6.45, 7) is 2.39. The quantitative estimate of drug-likeness (QED) is 0.341. The SMILES string of the molecule is CCOC(=O)/C(O)=C/C(=O)/C=C/c1cn(Cc2ccc(Cl)cc2)c2ccccc12. The number of allylic oxidation sites excluding steroid dienone is 2. The molecule has 0 atom stereocenters. The van der Waals surface area contributed by atoms with E-state index in [0.717, 1.165) is 28.1 Å². The molecule has 0 bridgehead atoms. The first-order valence-corrected chi connectivity index (χ1v) is 9.48. The Labute approximate surface area is 173 Å². The lowest BCUT2D eigenvalue weighted by molar-refractivity contribution is -0.141. The number of aliphatic hydroxyl groups is 1. The van der Waals surface area contributed by atoms with Crippen molar-refractivity contribution < 1.29 is 19.4 Å². The molecule has 3 aromatic rings. The summed E-state index contributed by atoms with van der Waals surface area (Å²) in [5.41, 5.74) is 2.98. The predicted molar refractivity (Wildman–Crippen MR) is 114 cm³/mol. The fraction of sp³-hybridized carbons (Fsp3) is 0.130. The zero-order chi connectivity index (χ0) is 20.8. The van der Waals surface area contributed by atoms with Crippen molar-refractivity contribution in [3.63, 3.8) is 0 Å². The van der Waals surface area contributed by atoms with E-state index in [1.54, 1.807) is 13.0 Å². The number of aliphatic hydroxyl groups excluding tert-OH is 1. The van der Waals surface area contributed by atoms with Crippen LogP contribution in [0, 0.1) is 0 Å². The van der Waals surface area contributed by atoms with Gasteiger partial charge in [0.25, 0.3) is 0 Å². The molecule has 5 nitrogen and oxygen atoms in total. The number of hydrogen-bond donors (Lipinski definition) is 1. The molecular formula is C23H20ClNO4. The Morgan fingerprint density at radius 2 is 1.86 bits per heavy atom. The Morgan fingerprint density at radius 3 is 2.59 bits per heavy atom. The van der Waals surface area contributed by atoms with Gasteiger partial charge >= 0.3 is 5.97 Å². The number of halogens is 1. The fourth-order valence-electron chi connectivity index (χ4n) is 2.94. The van der Waals surface area contributed by atoms with Crippen LogP contribution in [0.2, 0.25) is 5.02 Å². The standard InChI is InChI=1S/C23H20ClNO4/c1-2-29-23(28)22(27)13-19(26)12-9-17-15-25(21-6-4-3-5-20(17)21)14-16-7-10-18(24)11-8-16/h3-13,15,27H,2,14H2,1H3/b12-9+,22-13-. The van der Waals surface area contributed by atoms with Crippen LogP contribution in [0.15, 0.2) is 72.6 Å². The van der Waals surface area contributed by atoms with E-state index in [4.69, 9.17) is 11.6 Å². The van der Waals surface area contributed by atoms with Crippen molar-refractivity contribution in [2.24, 2.45) is 0 Å². The number of ketones is 1. The van der Waals surface area contributed by atoms with Gasteiger partial charge in [-0.15, -0.1) is 0 Å². The van der Waals surface area contributed by atoms with E-state index in [1.165, 1.54) is 6.08 Å². The second kappa shape index (κ2) is 9.26. The molecule has 29 heavy (non-hydrogen) atoms. The van der Waals surface area contributed by atoms with Crippen molar-refractivity contribution in [3.8, 4) is 0 Å². The summed E-state index contributed by atoms with van der Waals surface area (Å²) in [5.74, 6) is -2.15. The molecule has 0 spiro atoms. The minimum absolute atomic E-state index is 0.119. The van der Waals surface area contributed by atoms with Gasteiger partial charge in [0.1, 0.15) is 0 Å². The zero-order valence-corrected chi connectivity index (χ0v) is 16.6. The third-order valence-corrected chi connectivity index (χ3v) is 4.53. The predicted octanol–water partition coefficient (Wildman–Crippen LogP) is 4.93. The van der Waals surface area contributed by atoms with E-state index in [2.05, 4.69) is 9.30 Å². The lowest BCUT2D eigenvalue weighted by Crippen LogP contribution is -2.08. The highest BCUT2D eigenvalue weighted by atomic mass is 35.5. The highest BCUT2D eigenvalue weighted by molar-refractivity contribution is 6.30.